The first-order valence-corrected chi connectivity index (χ1v) is 10.4. The highest BCUT2D eigenvalue weighted by Crippen LogP contribution is 2.40. The zero-order chi connectivity index (χ0) is 22.8. The van der Waals surface area contributed by atoms with E-state index in [2.05, 4.69) is 4.98 Å². The molecule has 0 fully saturated rings. The van der Waals surface area contributed by atoms with Gasteiger partial charge in [0.25, 0.3) is 11.8 Å². The van der Waals surface area contributed by atoms with Gasteiger partial charge in [0.2, 0.25) is 0 Å². The molecule has 0 radical (unpaired) electrons. The molecule has 32 heavy (non-hydrogen) atoms. The van der Waals surface area contributed by atoms with Gasteiger partial charge in [0.1, 0.15) is 5.78 Å². The van der Waals surface area contributed by atoms with Crippen molar-refractivity contribution >= 4 is 17.6 Å². The largest absolute Gasteiger partial charge is 0.493 e. The van der Waals surface area contributed by atoms with Crippen LogP contribution in [0.3, 0.4) is 0 Å². The number of ether oxygens (including phenoxy) is 2. The lowest BCUT2D eigenvalue weighted by Gasteiger charge is -2.26. The maximum atomic E-state index is 13.6. The molecule has 1 N–H and O–H groups in total. The number of amides is 2. The number of carbonyl (C=O) groups is 3. The van der Waals surface area contributed by atoms with Crippen molar-refractivity contribution < 1.29 is 23.9 Å². The summed E-state index contributed by atoms with van der Waals surface area (Å²) < 4.78 is 11.0. The predicted octanol–water partition coefficient (Wildman–Crippen LogP) is 4.41. The van der Waals surface area contributed by atoms with Crippen LogP contribution in [-0.2, 0) is 4.79 Å². The molecule has 2 aromatic carbocycles. The summed E-state index contributed by atoms with van der Waals surface area (Å²) in [5.74, 6) is 0.0652. The van der Waals surface area contributed by atoms with Gasteiger partial charge in [-0.25, -0.2) is 0 Å². The molecule has 2 heterocycles. The van der Waals surface area contributed by atoms with Crippen molar-refractivity contribution in [3.05, 3.63) is 71.5 Å². The van der Waals surface area contributed by atoms with E-state index in [9.17, 15) is 14.4 Å². The van der Waals surface area contributed by atoms with Gasteiger partial charge in [-0.3, -0.25) is 19.3 Å². The molecule has 7 heteroatoms. The van der Waals surface area contributed by atoms with E-state index in [-0.39, 0.29) is 12.2 Å². The standard InChI is InChI=1S/C25H24N2O5/c1-4-32-22-13-16(8-9-21(22)31-3)20(12-15(2)28)27-24(29)19-7-5-6-18(23(19)25(27)30)17-10-11-26-14-17/h5-11,13-14,20,26H,4,12H2,1-3H3/t20-/m1/s1. The predicted molar refractivity (Wildman–Crippen MR) is 119 cm³/mol. The van der Waals surface area contributed by atoms with Gasteiger partial charge < -0.3 is 14.5 Å². The maximum Gasteiger partial charge on any atom is 0.262 e. The molecule has 0 aliphatic carbocycles. The Labute approximate surface area is 186 Å². The number of benzene rings is 2. The third-order valence-corrected chi connectivity index (χ3v) is 5.52. The molecule has 0 bridgehead atoms. The average Bonchev–Trinajstić information content (AvgIpc) is 3.40. The first-order valence-electron chi connectivity index (χ1n) is 10.4. The Morgan fingerprint density at radius 2 is 1.84 bits per heavy atom. The fraction of sp³-hybridized carbons (Fsp3) is 0.240. The molecule has 4 rings (SSSR count). The number of ketones is 1. The van der Waals surface area contributed by atoms with Crippen LogP contribution in [0.2, 0.25) is 0 Å². The minimum atomic E-state index is -0.760. The molecule has 7 nitrogen and oxygen atoms in total. The van der Waals surface area contributed by atoms with Crippen LogP contribution in [0.1, 0.15) is 52.6 Å². The van der Waals surface area contributed by atoms with E-state index in [0.717, 1.165) is 5.56 Å². The number of hydrogen-bond donors (Lipinski definition) is 1. The van der Waals surface area contributed by atoms with Gasteiger partial charge in [-0.1, -0.05) is 18.2 Å². The van der Waals surface area contributed by atoms with Crippen LogP contribution >= 0.6 is 0 Å². The molecule has 1 atom stereocenters. The topological polar surface area (TPSA) is 88.7 Å². The van der Waals surface area contributed by atoms with Crippen molar-refractivity contribution in [3.63, 3.8) is 0 Å². The smallest absolute Gasteiger partial charge is 0.262 e. The monoisotopic (exact) mass is 432 g/mol. The Hall–Kier alpha value is -3.87. The van der Waals surface area contributed by atoms with Gasteiger partial charge in [0, 0.05) is 18.8 Å². The van der Waals surface area contributed by atoms with Crippen LogP contribution in [0.15, 0.2) is 54.9 Å². The number of nitrogens with zero attached hydrogens (tertiary/aromatic N) is 1. The molecule has 1 aliphatic rings. The quantitative estimate of drug-likeness (QED) is 0.533. The highest BCUT2D eigenvalue weighted by molar-refractivity contribution is 6.24. The van der Waals surface area contributed by atoms with E-state index in [4.69, 9.17) is 9.47 Å². The van der Waals surface area contributed by atoms with Crippen molar-refractivity contribution in [3.8, 4) is 22.6 Å². The van der Waals surface area contributed by atoms with Crippen molar-refractivity contribution in [2.24, 2.45) is 0 Å². The molecule has 1 aromatic heterocycles. The van der Waals surface area contributed by atoms with Gasteiger partial charge in [0.05, 0.1) is 30.9 Å². The lowest BCUT2D eigenvalue weighted by molar-refractivity contribution is -0.117. The summed E-state index contributed by atoms with van der Waals surface area (Å²) in [5, 5.41) is 0. The number of nitrogens with one attached hydrogen (secondary N) is 1. The molecule has 3 aromatic rings. The Kier molecular flexibility index (Phi) is 5.81. The van der Waals surface area contributed by atoms with E-state index >= 15 is 0 Å². The van der Waals surface area contributed by atoms with E-state index in [1.807, 2.05) is 19.1 Å². The number of imide groups is 1. The second kappa shape index (κ2) is 8.70. The van der Waals surface area contributed by atoms with Crippen LogP contribution < -0.4 is 9.47 Å². The number of aromatic amines is 1. The zero-order valence-corrected chi connectivity index (χ0v) is 18.2. The highest BCUT2D eigenvalue weighted by atomic mass is 16.5. The summed E-state index contributed by atoms with van der Waals surface area (Å²) in [4.78, 5) is 43.3. The summed E-state index contributed by atoms with van der Waals surface area (Å²) in [6.45, 7) is 3.72. The van der Waals surface area contributed by atoms with E-state index in [1.165, 1.54) is 18.9 Å². The molecule has 2 amide bonds. The third kappa shape index (κ3) is 3.66. The number of fused-ring (bicyclic) bond motifs is 1. The van der Waals surface area contributed by atoms with Gasteiger partial charge in [-0.2, -0.15) is 0 Å². The highest BCUT2D eigenvalue weighted by Gasteiger charge is 2.42. The Morgan fingerprint density at radius 3 is 2.50 bits per heavy atom. The minimum Gasteiger partial charge on any atom is -0.493 e. The van der Waals surface area contributed by atoms with Gasteiger partial charge >= 0.3 is 0 Å². The lowest BCUT2D eigenvalue weighted by Crippen LogP contribution is -2.35. The van der Waals surface area contributed by atoms with Crippen molar-refractivity contribution in [1.82, 2.24) is 9.88 Å². The fourth-order valence-corrected chi connectivity index (χ4v) is 4.12. The fourth-order valence-electron chi connectivity index (χ4n) is 4.12. The van der Waals surface area contributed by atoms with Crippen LogP contribution in [0, 0.1) is 0 Å². The number of Topliss-reactive ketones (excluding diaryl/α,β-unsaturated/α-hetero) is 1. The van der Waals surface area contributed by atoms with E-state index < -0.39 is 17.9 Å². The van der Waals surface area contributed by atoms with Gasteiger partial charge in [-0.15, -0.1) is 0 Å². The Balaban J connectivity index is 1.81. The number of aromatic nitrogens is 1. The molecule has 164 valence electrons. The molecular formula is C25H24N2O5. The van der Waals surface area contributed by atoms with Crippen LogP contribution in [0.5, 0.6) is 11.5 Å². The van der Waals surface area contributed by atoms with E-state index in [1.54, 1.807) is 42.7 Å². The van der Waals surface area contributed by atoms with Gasteiger partial charge in [-0.05, 0) is 54.8 Å². The SMILES string of the molecule is CCOc1cc([C@@H](CC(C)=O)N2C(=O)c3cccc(-c4cc[nH]c4)c3C2=O)ccc1OC. The normalized spacial score (nSPS) is 13.8. The maximum absolute atomic E-state index is 13.6. The Morgan fingerprint density at radius 1 is 1.06 bits per heavy atom. The molecular weight excluding hydrogens is 408 g/mol. The number of rotatable bonds is 8. The number of H-pyrrole nitrogens is 1. The number of methoxy groups -OCH3 is 1. The average molecular weight is 432 g/mol. The second-order valence-electron chi connectivity index (χ2n) is 7.57. The summed E-state index contributed by atoms with van der Waals surface area (Å²) in [6.07, 6.45) is 3.54. The second-order valence-corrected chi connectivity index (χ2v) is 7.57. The number of carbonyl (C=O) groups excluding carboxylic acids is 3. The van der Waals surface area contributed by atoms with Crippen molar-refractivity contribution in [2.45, 2.75) is 26.3 Å². The molecule has 0 unspecified atom stereocenters. The summed E-state index contributed by atoms with van der Waals surface area (Å²) >= 11 is 0. The summed E-state index contributed by atoms with van der Waals surface area (Å²) in [7, 11) is 1.54. The van der Waals surface area contributed by atoms with E-state index in [0.29, 0.717) is 40.4 Å². The summed E-state index contributed by atoms with van der Waals surface area (Å²) in [6, 6.07) is 11.5. The summed E-state index contributed by atoms with van der Waals surface area (Å²) in [5.41, 5.74) is 2.80. The zero-order valence-electron chi connectivity index (χ0n) is 18.2. The van der Waals surface area contributed by atoms with Crippen LogP contribution in [-0.4, -0.2) is 41.2 Å². The first kappa shape index (κ1) is 21.4. The lowest BCUT2D eigenvalue weighted by atomic mass is 9.98. The molecule has 0 saturated heterocycles. The van der Waals surface area contributed by atoms with Crippen molar-refractivity contribution in [2.75, 3.05) is 13.7 Å². The third-order valence-electron chi connectivity index (χ3n) is 5.52. The molecule has 0 spiro atoms. The Bertz CT molecular complexity index is 1180. The number of hydrogen-bond acceptors (Lipinski definition) is 5. The first-order chi connectivity index (χ1) is 15.5. The van der Waals surface area contributed by atoms with Crippen LogP contribution in [0.4, 0.5) is 0 Å². The van der Waals surface area contributed by atoms with Crippen molar-refractivity contribution in [1.29, 1.82) is 0 Å². The minimum absolute atomic E-state index is 0.00283. The molecule has 0 saturated carbocycles. The molecule has 1 aliphatic heterocycles. The van der Waals surface area contributed by atoms with Gasteiger partial charge in [0.15, 0.2) is 11.5 Å². The van der Waals surface area contributed by atoms with Crippen LogP contribution in [0.25, 0.3) is 11.1 Å².